The Kier molecular flexibility index (Phi) is 5.04. The third-order valence-corrected chi connectivity index (χ3v) is 3.92. The number of aromatic nitrogens is 2. The summed E-state index contributed by atoms with van der Waals surface area (Å²) >= 11 is 0. The van der Waals surface area contributed by atoms with Crippen molar-refractivity contribution in [1.82, 2.24) is 14.9 Å². The van der Waals surface area contributed by atoms with Gasteiger partial charge in [-0.25, -0.2) is 9.97 Å². The molecule has 122 valence electrons. The van der Waals surface area contributed by atoms with Gasteiger partial charge in [-0.3, -0.25) is 4.79 Å². The van der Waals surface area contributed by atoms with Crippen LogP contribution in [0.25, 0.3) is 0 Å². The fourth-order valence-corrected chi connectivity index (χ4v) is 2.91. The van der Waals surface area contributed by atoms with Gasteiger partial charge in [-0.15, -0.1) is 0 Å². The molecule has 0 aliphatic carbocycles. The summed E-state index contributed by atoms with van der Waals surface area (Å²) in [5.41, 5.74) is 1.18. The number of carbonyl (C=O) groups is 1. The fourth-order valence-electron chi connectivity index (χ4n) is 2.91. The maximum atomic E-state index is 12.8. The molecule has 1 unspecified atom stereocenters. The molecular formula is C17H28N4O. The third kappa shape index (κ3) is 4.18. The maximum absolute atomic E-state index is 12.8. The molecule has 1 aliphatic rings. The van der Waals surface area contributed by atoms with E-state index in [0.717, 1.165) is 31.5 Å². The zero-order valence-electron chi connectivity index (χ0n) is 14.4. The molecule has 5 nitrogen and oxygen atoms in total. The fraction of sp³-hybridized carbons (Fsp3) is 0.706. The SMILES string of the molecule is CCC1CCCCN1C(=O)c1cc(C)nc(NC(C)(C)C)n1. The van der Waals surface area contributed by atoms with Crippen LogP contribution in [0, 0.1) is 6.92 Å². The quantitative estimate of drug-likeness (QED) is 0.930. The molecule has 1 saturated heterocycles. The van der Waals surface area contributed by atoms with Gasteiger partial charge in [0.1, 0.15) is 5.69 Å². The Hall–Kier alpha value is -1.65. The molecule has 5 heteroatoms. The van der Waals surface area contributed by atoms with E-state index in [1.54, 1.807) is 6.07 Å². The maximum Gasteiger partial charge on any atom is 0.272 e. The van der Waals surface area contributed by atoms with Crippen LogP contribution in [0.5, 0.6) is 0 Å². The van der Waals surface area contributed by atoms with Crippen LogP contribution < -0.4 is 5.32 Å². The number of carbonyl (C=O) groups excluding carboxylic acids is 1. The average Bonchev–Trinajstić information content (AvgIpc) is 2.44. The number of hydrogen-bond acceptors (Lipinski definition) is 4. The highest BCUT2D eigenvalue weighted by Crippen LogP contribution is 2.22. The summed E-state index contributed by atoms with van der Waals surface area (Å²) in [7, 11) is 0. The molecule has 1 amide bonds. The van der Waals surface area contributed by atoms with Gasteiger partial charge in [0.2, 0.25) is 5.95 Å². The second kappa shape index (κ2) is 6.63. The van der Waals surface area contributed by atoms with Crippen LogP contribution in [-0.4, -0.2) is 38.9 Å². The molecule has 1 N–H and O–H groups in total. The lowest BCUT2D eigenvalue weighted by atomic mass is 9.99. The van der Waals surface area contributed by atoms with Crippen LogP contribution in [0.15, 0.2) is 6.07 Å². The van der Waals surface area contributed by atoms with E-state index in [2.05, 4.69) is 43.0 Å². The molecule has 1 atom stereocenters. The van der Waals surface area contributed by atoms with Crippen LogP contribution in [0.4, 0.5) is 5.95 Å². The topological polar surface area (TPSA) is 58.1 Å². The van der Waals surface area contributed by atoms with E-state index >= 15 is 0 Å². The van der Waals surface area contributed by atoms with Crippen LogP contribution in [0.2, 0.25) is 0 Å². The van der Waals surface area contributed by atoms with Crippen molar-refractivity contribution in [2.24, 2.45) is 0 Å². The standard InChI is InChI=1S/C17H28N4O/c1-6-13-9-7-8-10-21(13)15(22)14-11-12(2)18-16(19-14)20-17(3,4)5/h11,13H,6-10H2,1-5H3,(H,18,19,20). The second-order valence-corrected chi connectivity index (χ2v) is 7.15. The molecule has 1 aliphatic heterocycles. The predicted molar refractivity (Wildman–Crippen MR) is 89.1 cm³/mol. The first-order valence-corrected chi connectivity index (χ1v) is 8.25. The van der Waals surface area contributed by atoms with E-state index in [1.165, 1.54) is 6.42 Å². The number of nitrogens with one attached hydrogen (secondary N) is 1. The average molecular weight is 304 g/mol. The summed E-state index contributed by atoms with van der Waals surface area (Å²) < 4.78 is 0. The third-order valence-electron chi connectivity index (χ3n) is 3.92. The van der Waals surface area contributed by atoms with Crippen molar-refractivity contribution in [2.45, 2.75) is 71.9 Å². The first-order chi connectivity index (χ1) is 10.3. The van der Waals surface area contributed by atoms with Gasteiger partial charge < -0.3 is 10.2 Å². The lowest BCUT2D eigenvalue weighted by Gasteiger charge is -2.35. The lowest BCUT2D eigenvalue weighted by molar-refractivity contribution is 0.0601. The van der Waals surface area contributed by atoms with Crippen LogP contribution >= 0.6 is 0 Å². The highest BCUT2D eigenvalue weighted by molar-refractivity contribution is 5.93. The Morgan fingerprint density at radius 2 is 2.09 bits per heavy atom. The highest BCUT2D eigenvalue weighted by atomic mass is 16.2. The van der Waals surface area contributed by atoms with Crippen molar-refractivity contribution in [3.8, 4) is 0 Å². The molecule has 2 heterocycles. The summed E-state index contributed by atoms with van der Waals surface area (Å²) in [6.45, 7) is 11.0. The van der Waals surface area contributed by atoms with E-state index in [9.17, 15) is 4.79 Å². The Morgan fingerprint density at radius 1 is 1.36 bits per heavy atom. The number of amides is 1. The molecule has 0 aromatic carbocycles. The molecule has 1 aromatic rings. The van der Waals surface area contributed by atoms with Gasteiger partial charge >= 0.3 is 0 Å². The number of hydrogen-bond donors (Lipinski definition) is 1. The Morgan fingerprint density at radius 3 is 2.73 bits per heavy atom. The zero-order chi connectivity index (χ0) is 16.3. The summed E-state index contributed by atoms with van der Waals surface area (Å²) in [5, 5.41) is 3.25. The smallest absolute Gasteiger partial charge is 0.272 e. The highest BCUT2D eigenvalue weighted by Gasteiger charge is 2.27. The van der Waals surface area contributed by atoms with Gasteiger partial charge in [-0.1, -0.05) is 6.92 Å². The van der Waals surface area contributed by atoms with Gasteiger partial charge in [0.05, 0.1) is 0 Å². The van der Waals surface area contributed by atoms with Crippen molar-refractivity contribution in [3.63, 3.8) is 0 Å². The molecule has 0 spiro atoms. The van der Waals surface area contributed by atoms with Crippen molar-refractivity contribution in [2.75, 3.05) is 11.9 Å². The van der Waals surface area contributed by atoms with Crippen molar-refractivity contribution in [1.29, 1.82) is 0 Å². The van der Waals surface area contributed by atoms with Crippen molar-refractivity contribution < 1.29 is 4.79 Å². The number of anilines is 1. The first kappa shape index (κ1) is 16.7. The number of nitrogens with zero attached hydrogens (tertiary/aromatic N) is 3. The van der Waals surface area contributed by atoms with E-state index in [0.29, 0.717) is 17.7 Å². The van der Waals surface area contributed by atoms with E-state index < -0.39 is 0 Å². The van der Waals surface area contributed by atoms with E-state index in [1.807, 2.05) is 11.8 Å². The minimum atomic E-state index is -0.134. The molecule has 0 bridgehead atoms. The van der Waals surface area contributed by atoms with Crippen LogP contribution in [0.3, 0.4) is 0 Å². The summed E-state index contributed by atoms with van der Waals surface area (Å²) in [5.74, 6) is 0.565. The number of likely N-dealkylation sites (tertiary alicyclic amines) is 1. The summed E-state index contributed by atoms with van der Waals surface area (Å²) in [6, 6.07) is 2.13. The van der Waals surface area contributed by atoms with Gasteiger partial charge in [0.15, 0.2) is 0 Å². The molecule has 22 heavy (non-hydrogen) atoms. The van der Waals surface area contributed by atoms with Gasteiger partial charge in [-0.05, 0) is 59.4 Å². The molecule has 0 radical (unpaired) electrons. The van der Waals surface area contributed by atoms with Crippen LogP contribution in [0.1, 0.15) is 69.6 Å². The van der Waals surface area contributed by atoms with E-state index in [4.69, 9.17) is 0 Å². The summed E-state index contributed by atoms with van der Waals surface area (Å²) in [4.78, 5) is 23.7. The summed E-state index contributed by atoms with van der Waals surface area (Å²) in [6.07, 6.45) is 4.39. The Bertz CT molecular complexity index is 536. The van der Waals surface area contributed by atoms with Gasteiger partial charge in [-0.2, -0.15) is 0 Å². The molecular weight excluding hydrogens is 276 g/mol. The Balaban J connectivity index is 2.25. The second-order valence-electron chi connectivity index (χ2n) is 7.15. The van der Waals surface area contributed by atoms with E-state index in [-0.39, 0.29) is 11.4 Å². The number of aryl methyl sites for hydroxylation is 1. The molecule has 2 rings (SSSR count). The minimum absolute atomic E-state index is 0.0361. The molecule has 1 fully saturated rings. The lowest BCUT2D eigenvalue weighted by Crippen LogP contribution is -2.43. The minimum Gasteiger partial charge on any atom is -0.350 e. The zero-order valence-corrected chi connectivity index (χ0v) is 14.4. The molecule has 1 aromatic heterocycles. The predicted octanol–water partition coefficient (Wildman–Crippen LogP) is 3.40. The van der Waals surface area contributed by atoms with Gasteiger partial charge in [0, 0.05) is 23.8 Å². The van der Waals surface area contributed by atoms with Crippen molar-refractivity contribution >= 4 is 11.9 Å². The normalized spacial score (nSPS) is 19.1. The number of piperidine rings is 1. The Labute approximate surface area is 133 Å². The molecule has 0 saturated carbocycles. The monoisotopic (exact) mass is 304 g/mol. The van der Waals surface area contributed by atoms with Gasteiger partial charge in [0.25, 0.3) is 5.91 Å². The van der Waals surface area contributed by atoms with Crippen LogP contribution in [-0.2, 0) is 0 Å². The number of rotatable bonds is 3. The van der Waals surface area contributed by atoms with Crippen molar-refractivity contribution in [3.05, 3.63) is 17.5 Å². The largest absolute Gasteiger partial charge is 0.350 e. The first-order valence-electron chi connectivity index (χ1n) is 8.25.